The number of hydrogen-bond donors (Lipinski definition) is 0. The molecule has 1 aromatic carbocycles. The van der Waals surface area contributed by atoms with E-state index in [0.29, 0.717) is 6.42 Å². The van der Waals surface area contributed by atoms with Gasteiger partial charge >= 0.3 is 6.18 Å². The molecule has 3 nitrogen and oxygen atoms in total. The quantitative estimate of drug-likeness (QED) is 0.855. The highest BCUT2D eigenvalue weighted by molar-refractivity contribution is 5.84. The number of halogens is 3. The van der Waals surface area contributed by atoms with E-state index in [9.17, 15) is 18.0 Å². The van der Waals surface area contributed by atoms with Gasteiger partial charge in [0.25, 0.3) is 0 Å². The maximum Gasteiger partial charge on any atom is 0.406 e. The molecule has 1 aliphatic heterocycles. The summed E-state index contributed by atoms with van der Waals surface area (Å²) in [4.78, 5) is 15.1. The Bertz CT molecular complexity index is 548. The van der Waals surface area contributed by atoms with Gasteiger partial charge in [-0.2, -0.15) is 13.2 Å². The van der Waals surface area contributed by atoms with Gasteiger partial charge in [0.1, 0.15) is 6.54 Å². The van der Waals surface area contributed by atoms with E-state index in [0.717, 1.165) is 17.7 Å². The van der Waals surface area contributed by atoms with Crippen molar-refractivity contribution in [2.45, 2.75) is 37.5 Å². The van der Waals surface area contributed by atoms with Gasteiger partial charge in [-0.15, -0.1) is 0 Å². The molecule has 3 rings (SSSR count). The molecule has 1 atom stereocenters. The fourth-order valence-electron chi connectivity index (χ4n) is 3.55. The molecule has 6 heteroatoms. The van der Waals surface area contributed by atoms with Crippen molar-refractivity contribution in [2.75, 3.05) is 20.1 Å². The Morgan fingerprint density at radius 2 is 1.82 bits per heavy atom. The van der Waals surface area contributed by atoms with E-state index in [1.807, 2.05) is 24.1 Å². The molecule has 1 heterocycles. The van der Waals surface area contributed by atoms with Crippen molar-refractivity contribution in [1.29, 1.82) is 0 Å². The molecule has 1 aliphatic carbocycles. The average Bonchev–Trinajstić information content (AvgIpc) is 3.01. The summed E-state index contributed by atoms with van der Waals surface area (Å²) in [5.74, 6) is -0.393. The third kappa shape index (κ3) is 2.97. The second-order valence-corrected chi connectivity index (χ2v) is 6.18. The number of hydrogen-bond acceptors (Lipinski definition) is 2. The largest absolute Gasteiger partial charge is 0.406 e. The molecular weight excluding hydrogens is 293 g/mol. The van der Waals surface area contributed by atoms with Crippen LogP contribution in [0, 0.1) is 0 Å². The van der Waals surface area contributed by atoms with Crippen molar-refractivity contribution in [3.05, 3.63) is 35.4 Å². The summed E-state index contributed by atoms with van der Waals surface area (Å²) in [5, 5.41) is 0. The number of likely N-dealkylation sites (N-methyl/N-ethyl adjacent to an activating group) is 1. The Morgan fingerprint density at radius 1 is 1.23 bits per heavy atom. The molecule has 1 fully saturated rings. The first kappa shape index (κ1) is 15.3. The van der Waals surface area contributed by atoms with Gasteiger partial charge in [0.15, 0.2) is 0 Å². The average molecular weight is 312 g/mol. The molecule has 0 radical (unpaired) electrons. The number of nitrogens with zero attached hydrogens (tertiary/aromatic N) is 2. The van der Waals surface area contributed by atoms with Crippen molar-refractivity contribution in [3.8, 4) is 0 Å². The number of likely N-dealkylation sites (tertiary alicyclic amines) is 1. The summed E-state index contributed by atoms with van der Waals surface area (Å²) in [6.45, 7) is -0.950. The minimum absolute atomic E-state index is 0.188. The summed E-state index contributed by atoms with van der Waals surface area (Å²) < 4.78 is 37.4. The molecule has 0 N–H and O–H groups in total. The highest BCUT2D eigenvalue weighted by Crippen LogP contribution is 2.29. The van der Waals surface area contributed by atoms with E-state index in [4.69, 9.17) is 0 Å². The van der Waals surface area contributed by atoms with Crippen LogP contribution in [0.5, 0.6) is 0 Å². The number of rotatable bonds is 3. The highest BCUT2D eigenvalue weighted by atomic mass is 19.4. The molecule has 0 bridgehead atoms. The van der Waals surface area contributed by atoms with Crippen LogP contribution in [0.25, 0.3) is 0 Å². The first-order valence-corrected chi connectivity index (χ1v) is 7.49. The van der Waals surface area contributed by atoms with Crippen LogP contribution in [-0.4, -0.2) is 54.1 Å². The van der Waals surface area contributed by atoms with Crippen LogP contribution in [0.3, 0.4) is 0 Å². The lowest BCUT2D eigenvalue weighted by Gasteiger charge is -2.29. The van der Waals surface area contributed by atoms with Crippen LogP contribution in [0.1, 0.15) is 17.5 Å². The number of amides is 1. The van der Waals surface area contributed by atoms with Crippen molar-refractivity contribution in [1.82, 2.24) is 9.80 Å². The zero-order valence-corrected chi connectivity index (χ0v) is 12.4. The van der Waals surface area contributed by atoms with Crippen LogP contribution in [0.4, 0.5) is 13.2 Å². The maximum atomic E-state index is 12.5. The Hall–Kier alpha value is -1.56. The van der Waals surface area contributed by atoms with Crippen molar-refractivity contribution >= 4 is 5.91 Å². The molecule has 2 aliphatic rings. The van der Waals surface area contributed by atoms with Crippen molar-refractivity contribution in [3.63, 3.8) is 0 Å². The molecule has 0 spiro atoms. The SMILES string of the molecule is CN(C1Cc2ccccc2C1)[C@@H]1CCN(CC(F)(F)F)C1=O. The second-order valence-electron chi connectivity index (χ2n) is 6.18. The van der Waals surface area contributed by atoms with Crippen LogP contribution >= 0.6 is 0 Å². The Kier molecular flexibility index (Phi) is 3.89. The molecule has 0 aromatic heterocycles. The fraction of sp³-hybridized carbons (Fsp3) is 0.562. The van der Waals surface area contributed by atoms with Gasteiger partial charge in [0.05, 0.1) is 6.04 Å². The molecule has 0 unspecified atom stereocenters. The third-order valence-corrected chi connectivity index (χ3v) is 4.74. The minimum atomic E-state index is -4.33. The number of fused-ring (bicyclic) bond motifs is 1. The molecule has 1 saturated heterocycles. The van der Waals surface area contributed by atoms with E-state index in [1.54, 1.807) is 0 Å². The first-order valence-electron chi connectivity index (χ1n) is 7.49. The predicted octanol–water partition coefficient (Wildman–Crippen LogP) is 2.25. The lowest BCUT2D eigenvalue weighted by atomic mass is 10.1. The van der Waals surface area contributed by atoms with Gasteiger partial charge in [-0.05, 0) is 37.4 Å². The molecule has 1 aromatic rings. The lowest BCUT2D eigenvalue weighted by molar-refractivity contribution is -0.159. The Labute approximate surface area is 127 Å². The van der Waals surface area contributed by atoms with Gasteiger partial charge in [-0.25, -0.2) is 0 Å². The molecule has 1 amide bonds. The summed E-state index contributed by atoms with van der Waals surface area (Å²) in [5.41, 5.74) is 2.55. The Balaban J connectivity index is 1.65. The zero-order valence-electron chi connectivity index (χ0n) is 12.4. The standard InChI is InChI=1S/C16H19F3N2O/c1-20(13-8-11-4-2-3-5-12(11)9-13)14-6-7-21(15(14)22)10-16(17,18)19/h2-5,13-14H,6-10H2,1H3/t14-/m1/s1. The van der Waals surface area contributed by atoms with Gasteiger partial charge in [-0.1, -0.05) is 24.3 Å². The fourth-order valence-corrected chi connectivity index (χ4v) is 3.55. The van der Waals surface area contributed by atoms with E-state index in [1.165, 1.54) is 11.1 Å². The summed E-state index contributed by atoms with van der Waals surface area (Å²) >= 11 is 0. The minimum Gasteiger partial charge on any atom is -0.332 e. The number of carbonyl (C=O) groups excluding carboxylic acids is 1. The summed E-state index contributed by atoms with van der Waals surface area (Å²) in [6.07, 6.45) is -2.14. The van der Waals surface area contributed by atoms with Gasteiger partial charge < -0.3 is 4.90 Å². The van der Waals surface area contributed by atoms with Crippen molar-refractivity contribution in [2.24, 2.45) is 0 Å². The Morgan fingerprint density at radius 3 is 2.36 bits per heavy atom. The molecule has 120 valence electrons. The number of carbonyl (C=O) groups is 1. The summed E-state index contributed by atoms with van der Waals surface area (Å²) in [7, 11) is 1.86. The van der Waals surface area contributed by atoms with Crippen LogP contribution < -0.4 is 0 Å². The molecule has 22 heavy (non-hydrogen) atoms. The first-order chi connectivity index (χ1) is 10.3. The monoisotopic (exact) mass is 312 g/mol. The van der Waals surface area contributed by atoms with Crippen molar-refractivity contribution < 1.29 is 18.0 Å². The normalized spacial score (nSPS) is 22.7. The maximum absolute atomic E-state index is 12.5. The summed E-state index contributed by atoms with van der Waals surface area (Å²) in [6, 6.07) is 7.91. The zero-order chi connectivity index (χ0) is 15.9. The highest BCUT2D eigenvalue weighted by Gasteiger charge is 2.42. The van der Waals surface area contributed by atoms with E-state index >= 15 is 0 Å². The van der Waals surface area contributed by atoms with Crippen LogP contribution in [-0.2, 0) is 17.6 Å². The van der Waals surface area contributed by atoms with Gasteiger partial charge in [-0.3, -0.25) is 9.69 Å². The van der Waals surface area contributed by atoms with E-state index in [-0.39, 0.29) is 12.6 Å². The van der Waals surface area contributed by atoms with E-state index < -0.39 is 24.7 Å². The van der Waals surface area contributed by atoms with E-state index in [2.05, 4.69) is 12.1 Å². The third-order valence-electron chi connectivity index (χ3n) is 4.74. The topological polar surface area (TPSA) is 23.6 Å². The smallest absolute Gasteiger partial charge is 0.332 e. The number of benzene rings is 1. The van der Waals surface area contributed by atoms with Gasteiger partial charge in [0.2, 0.25) is 5.91 Å². The molecule has 0 saturated carbocycles. The predicted molar refractivity (Wildman–Crippen MR) is 76.4 cm³/mol. The second kappa shape index (κ2) is 5.57. The molecular formula is C16H19F3N2O. The van der Waals surface area contributed by atoms with Crippen LogP contribution in [0.2, 0.25) is 0 Å². The number of alkyl halides is 3. The van der Waals surface area contributed by atoms with Gasteiger partial charge in [0, 0.05) is 12.6 Å². The van der Waals surface area contributed by atoms with Crippen LogP contribution in [0.15, 0.2) is 24.3 Å². The lowest BCUT2D eigenvalue weighted by Crippen LogP contribution is -2.46.